The third kappa shape index (κ3) is 4.62. The standard InChI is InChI=1S/C11H22N2O2/c1-2-15-8-10(14)13-9-11(12)6-4-3-5-7-11/h2-9,12H2,1H3,(H,13,14). The summed E-state index contributed by atoms with van der Waals surface area (Å²) in [5.74, 6) is -0.0627. The maximum Gasteiger partial charge on any atom is 0.246 e. The summed E-state index contributed by atoms with van der Waals surface area (Å²) in [4.78, 5) is 11.3. The van der Waals surface area contributed by atoms with Gasteiger partial charge in [-0.15, -0.1) is 0 Å². The lowest BCUT2D eigenvalue weighted by molar-refractivity contribution is -0.125. The lowest BCUT2D eigenvalue weighted by Gasteiger charge is -2.33. The molecule has 0 aromatic carbocycles. The summed E-state index contributed by atoms with van der Waals surface area (Å²) in [5, 5.41) is 2.84. The van der Waals surface area contributed by atoms with Crippen molar-refractivity contribution in [1.29, 1.82) is 0 Å². The summed E-state index contributed by atoms with van der Waals surface area (Å²) in [7, 11) is 0. The van der Waals surface area contributed by atoms with Gasteiger partial charge in [-0.1, -0.05) is 19.3 Å². The van der Waals surface area contributed by atoms with Crippen molar-refractivity contribution in [3.8, 4) is 0 Å². The molecular weight excluding hydrogens is 192 g/mol. The van der Waals surface area contributed by atoms with E-state index in [9.17, 15) is 4.79 Å². The summed E-state index contributed by atoms with van der Waals surface area (Å²) in [6.07, 6.45) is 5.66. The van der Waals surface area contributed by atoms with E-state index in [-0.39, 0.29) is 18.1 Å². The highest BCUT2D eigenvalue weighted by molar-refractivity contribution is 5.77. The van der Waals surface area contributed by atoms with E-state index < -0.39 is 0 Å². The van der Waals surface area contributed by atoms with Gasteiger partial charge in [0.05, 0.1) is 0 Å². The van der Waals surface area contributed by atoms with Crippen molar-refractivity contribution in [3.63, 3.8) is 0 Å². The zero-order valence-electron chi connectivity index (χ0n) is 9.55. The molecule has 1 rings (SSSR count). The molecule has 0 atom stereocenters. The summed E-state index contributed by atoms with van der Waals surface area (Å²) in [6, 6.07) is 0. The number of nitrogens with two attached hydrogens (primary N) is 1. The van der Waals surface area contributed by atoms with Crippen LogP contribution in [0, 0.1) is 0 Å². The average molecular weight is 214 g/mol. The number of hydrogen-bond acceptors (Lipinski definition) is 3. The van der Waals surface area contributed by atoms with E-state index in [1.165, 1.54) is 19.3 Å². The van der Waals surface area contributed by atoms with E-state index in [4.69, 9.17) is 10.5 Å². The van der Waals surface area contributed by atoms with Gasteiger partial charge in [-0.3, -0.25) is 4.79 Å². The molecule has 1 aliphatic carbocycles. The number of carbonyl (C=O) groups excluding carboxylic acids is 1. The Morgan fingerprint density at radius 2 is 2.07 bits per heavy atom. The molecule has 4 heteroatoms. The van der Waals surface area contributed by atoms with Gasteiger partial charge >= 0.3 is 0 Å². The highest BCUT2D eigenvalue weighted by Crippen LogP contribution is 2.24. The first-order valence-corrected chi connectivity index (χ1v) is 5.80. The van der Waals surface area contributed by atoms with E-state index in [1.54, 1.807) is 0 Å². The summed E-state index contributed by atoms with van der Waals surface area (Å²) >= 11 is 0. The highest BCUT2D eigenvalue weighted by Gasteiger charge is 2.27. The Balaban J connectivity index is 2.19. The second-order valence-electron chi connectivity index (χ2n) is 4.34. The molecular formula is C11H22N2O2. The van der Waals surface area contributed by atoms with Crippen molar-refractivity contribution < 1.29 is 9.53 Å². The SMILES string of the molecule is CCOCC(=O)NCC1(N)CCCCC1. The average Bonchev–Trinajstić information content (AvgIpc) is 2.25. The zero-order chi connectivity index (χ0) is 11.1. The van der Waals surface area contributed by atoms with Crippen molar-refractivity contribution in [2.45, 2.75) is 44.6 Å². The van der Waals surface area contributed by atoms with Crippen molar-refractivity contribution in [2.75, 3.05) is 19.8 Å². The molecule has 0 aliphatic heterocycles. The van der Waals surface area contributed by atoms with Crippen LogP contribution >= 0.6 is 0 Å². The molecule has 0 aromatic heterocycles. The molecule has 1 saturated carbocycles. The van der Waals surface area contributed by atoms with Gasteiger partial charge < -0.3 is 15.8 Å². The molecule has 0 saturated heterocycles. The molecule has 1 aliphatic rings. The van der Waals surface area contributed by atoms with Gasteiger partial charge in [0, 0.05) is 18.7 Å². The fraction of sp³-hybridized carbons (Fsp3) is 0.909. The predicted octanol–water partition coefficient (Wildman–Crippen LogP) is 0.801. The highest BCUT2D eigenvalue weighted by atomic mass is 16.5. The molecule has 0 bridgehead atoms. The minimum atomic E-state index is -0.180. The third-order valence-electron chi connectivity index (χ3n) is 2.92. The molecule has 0 heterocycles. The molecule has 4 nitrogen and oxygen atoms in total. The number of nitrogens with one attached hydrogen (secondary N) is 1. The minimum absolute atomic E-state index is 0.0627. The van der Waals surface area contributed by atoms with E-state index in [2.05, 4.69) is 5.32 Å². The van der Waals surface area contributed by atoms with Crippen LogP contribution in [-0.2, 0) is 9.53 Å². The van der Waals surface area contributed by atoms with E-state index >= 15 is 0 Å². The van der Waals surface area contributed by atoms with Crippen molar-refractivity contribution in [1.82, 2.24) is 5.32 Å². The Morgan fingerprint density at radius 1 is 1.40 bits per heavy atom. The first-order chi connectivity index (χ1) is 7.16. The number of rotatable bonds is 5. The molecule has 3 N–H and O–H groups in total. The van der Waals surface area contributed by atoms with Gasteiger partial charge in [0.25, 0.3) is 0 Å². The Labute approximate surface area is 91.5 Å². The van der Waals surface area contributed by atoms with Crippen molar-refractivity contribution >= 4 is 5.91 Å². The molecule has 1 fully saturated rings. The van der Waals surface area contributed by atoms with Crippen LogP contribution in [0.3, 0.4) is 0 Å². The van der Waals surface area contributed by atoms with Crippen LogP contribution in [0.1, 0.15) is 39.0 Å². The molecule has 1 amide bonds. The van der Waals surface area contributed by atoms with Gasteiger partial charge in [0.15, 0.2) is 0 Å². The van der Waals surface area contributed by atoms with Crippen molar-refractivity contribution in [2.24, 2.45) is 5.73 Å². The van der Waals surface area contributed by atoms with Gasteiger partial charge in [0.2, 0.25) is 5.91 Å². The Kier molecular flexibility index (Phi) is 5.05. The number of ether oxygens (including phenoxy) is 1. The summed E-state index contributed by atoms with van der Waals surface area (Å²) in [6.45, 7) is 3.17. The normalized spacial score (nSPS) is 19.9. The van der Waals surface area contributed by atoms with Gasteiger partial charge in [0.1, 0.15) is 6.61 Å². The molecule has 0 spiro atoms. The fourth-order valence-electron chi connectivity index (χ4n) is 1.95. The van der Waals surface area contributed by atoms with Crippen LogP contribution in [0.15, 0.2) is 0 Å². The molecule has 0 aromatic rings. The molecule has 0 radical (unpaired) electrons. The van der Waals surface area contributed by atoms with E-state index in [0.717, 1.165) is 12.8 Å². The second-order valence-corrected chi connectivity index (χ2v) is 4.34. The first kappa shape index (κ1) is 12.5. The van der Waals surface area contributed by atoms with Crippen LogP contribution in [0.2, 0.25) is 0 Å². The topological polar surface area (TPSA) is 64.3 Å². The second kappa shape index (κ2) is 6.08. The van der Waals surface area contributed by atoms with E-state index in [1.807, 2.05) is 6.92 Å². The van der Waals surface area contributed by atoms with Crippen LogP contribution in [0.4, 0.5) is 0 Å². The van der Waals surface area contributed by atoms with E-state index in [0.29, 0.717) is 13.2 Å². The smallest absolute Gasteiger partial charge is 0.246 e. The number of amides is 1. The maximum absolute atomic E-state index is 11.3. The minimum Gasteiger partial charge on any atom is -0.372 e. The van der Waals surface area contributed by atoms with Crippen molar-refractivity contribution in [3.05, 3.63) is 0 Å². The van der Waals surface area contributed by atoms with Crippen LogP contribution in [0.25, 0.3) is 0 Å². The lowest BCUT2D eigenvalue weighted by Crippen LogP contribution is -2.51. The maximum atomic E-state index is 11.3. The summed E-state index contributed by atoms with van der Waals surface area (Å²) in [5.41, 5.74) is 6.00. The Hall–Kier alpha value is -0.610. The molecule has 0 unspecified atom stereocenters. The molecule has 88 valence electrons. The third-order valence-corrected chi connectivity index (χ3v) is 2.92. The van der Waals surface area contributed by atoms with Gasteiger partial charge in [-0.25, -0.2) is 0 Å². The largest absolute Gasteiger partial charge is 0.372 e. The Morgan fingerprint density at radius 3 is 2.67 bits per heavy atom. The number of carbonyl (C=O) groups is 1. The molecule has 15 heavy (non-hydrogen) atoms. The van der Waals surface area contributed by atoms with Gasteiger partial charge in [-0.05, 0) is 19.8 Å². The van der Waals surface area contributed by atoms with Gasteiger partial charge in [-0.2, -0.15) is 0 Å². The first-order valence-electron chi connectivity index (χ1n) is 5.80. The van der Waals surface area contributed by atoms with Crippen LogP contribution in [0.5, 0.6) is 0 Å². The lowest BCUT2D eigenvalue weighted by atomic mass is 9.82. The Bertz CT molecular complexity index is 201. The zero-order valence-corrected chi connectivity index (χ0v) is 9.55. The van der Waals surface area contributed by atoms with Crippen LogP contribution < -0.4 is 11.1 Å². The summed E-state index contributed by atoms with van der Waals surface area (Å²) < 4.78 is 5.02. The van der Waals surface area contributed by atoms with Crippen LogP contribution in [-0.4, -0.2) is 31.2 Å². The monoisotopic (exact) mass is 214 g/mol. The predicted molar refractivity (Wildman–Crippen MR) is 59.5 cm³/mol. The fourth-order valence-corrected chi connectivity index (χ4v) is 1.95. The number of hydrogen-bond donors (Lipinski definition) is 2. The quantitative estimate of drug-likeness (QED) is 0.711.